The Kier molecular flexibility index (Phi) is 11.3. The molecule has 0 saturated heterocycles. The highest BCUT2D eigenvalue weighted by Gasteiger charge is 2.43. The van der Waals surface area contributed by atoms with Crippen LogP contribution >= 0.6 is 0 Å². The van der Waals surface area contributed by atoms with Gasteiger partial charge in [0.1, 0.15) is 0 Å². The summed E-state index contributed by atoms with van der Waals surface area (Å²) in [5.74, 6) is 1.38. The van der Waals surface area contributed by atoms with Crippen molar-refractivity contribution in [3.63, 3.8) is 0 Å². The summed E-state index contributed by atoms with van der Waals surface area (Å²) in [7, 11) is 0. The molecule has 1 atom stereocenters. The molecule has 2 aliphatic rings. The maximum atomic E-state index is 2.66. The Morgan fingerprint density at radius 3 is 1.56 bits per heavy atom. The van der Waals surface area contributed by atoms with E-state index in [0.717, 1.165) is 12.5 Å². The number of hydrogen-bond donors (Lipinski definition) is 0. The zero-order chi connectivity index (χ0) is 33.5. The second-order valence-corrected chi connectivity index (χ2v) is 15.8. The van der Waals surface area contributed by atoms with Gasteiger partial charge in [-0.1, -0.05) is 105 Å². The molecule has 2 nitrogen and oxygen atoms in total. The number of rotatable bonds is 10. The summed E-state index contributed by atoms with van der Waals surface area (Å²) >= 11 is 0. The molecule has 0 amide bonds. The van der Waals surface area contributed by atoms with Crippen LogP contribution in [0.15, 0.2) is 97.1 Å². The van der Waals surface area contributed by atoms with E-state index in [0.29, 0.717) is 17.4 Å². The molecule has 1 unspecified atom stereocenters. The van der Waals surface area contributed by atoms with Crippen molar-refractivity contribution in [1.29, 1.82) is 0 Å². The van der Waals surface area contributed by atoms with E-state index >= 15 is 0 Å². The van der Waals surface area contributed by atoms with Crippen LogP contribution in [-0.4, -0.2) is 12.6 Å². The van der Waals surface area contributed by atoms with Gasteiger partial charge in [-0.25, -0.2) is 0 Å². The van der Waals surface area contributed by atoms with Gasteiger partial charge in [0.15, 0.2) is 0 Å². The van der Waals surface area contributed by atoms with Crippen LogP contribution in [0.25, 0.3) is 0 Å². The third-order valence-corrected chi connectivity index (χ3v) is 11.7. The van der Waals surface area contributed by atoms with Gasteiger partial charge >= 0.3 is 0 Å². The molecule has 1 spiro atoms. The number of nitrogens with zero attached hydrogens (tertiary/aromatic N) is 2. The molecule has 0 bridgehead atoms. The van der Waals surface area contributed by atoms with E-state index in [2.05, 4.69) is 141 Å². The molecule has 0 aromatic heterocycles. The zero-order valence-corrected chi connectivity index (χ0v) is 30.6. The van der Waals surface area contributed by atoms with Crippen LogP contribution in [0, 0.1) is 32.1 Å². The van der Waals surface area contributed by atoms with Crippen molar-refractivity contribution in [3.05, 3.63) is 119 Å². The van der Waals surface area contributed by atoms with Gasteiger partial charge in [0.05, 0.1) is 0 Å². The molecular weight excluding hydrogens is 581 g/mol. The predicted octanol–water partition coefficient (Wildman–Crippen LogP) is 13.4. The van der Waals surface area contributed by atoms with Gasteiger partial charge in [-0.3, -0.25) is 0 Å². The highest BCUT2D eigenvalue weighted by atomic mass is 15.2. The van der Waals surface area contributed by atoms with Crippen LogP contribution in [0.3, 0.4) is 0 Å². The van der Waals surface area contributed by atoms with Crippen molar-refractivity contribution in [1.82, 2.24) is 0 Å². The fourth-order valence-corrected chi connectivity index (χ4v) is 8.87. The van der Waals surface area contributed by atoms with Gasteiger partial charge in [0.25, 0.3) is 0 Å². The monoisotopic (exact) mass is 640 g/mol. The lowest BCUT2D eigenvalue weighted by molar-refractivity contribution is 0.101. The summed E-state index contributed by atoms with van der Waals surface area (Å²) in [6.45, 7) is 12.3. The Bertz CT molecular complexity index is 1500. The van der Waals surface area contributed by atoms with E-state index in [4.69, 9.17) is 0 Å². The molecule has 2 fully saturated rings. The topological polar surface area (TPSA) is 6.48 Å². The van der Waals surface area contributed by atoms with Crippen molar-refractivity contribution < 1.29 is 0 Å². The predicted molar refractivity (Wildman–Crippen MR) is 208 cm³/mol. The molecule has 2 saturated carbocycles. The number of anilines is 4. The normalized spacial score (nSPS) is 21.5. The first-order valence-corrected chi connectivity index (χ1v) is 19.2. The molecule has 4 aromatic rings. The first-order chi connectivity index (χ1) is 23.3. The first-order valence-electron chi connectivity index (χ1n) is 19.2. The van der Waals surface area contributed by atoms with Crippen LogP contribution in [0.1, 0.15) is 119 Å². The molecule has 0 radical (unpaired) electrons. The second-order valence-electron chi connectivity index (χ2n) is 15.8. The standard InChI is InChI=1S/C46H60N2/c1-35(2)11-10-34-47(40-21-13-36(3)14-22-40)41-27-19-39(20-28-41)45-12-8-6-7-9-31-46(45)32-29-44(30-33-46)48(42-23-15-37(4)16-24-42)43-25-17-38(5)18-26-43/h13-28,35,44-45H,6-12,29-34H2,1-5H3. The largest absolute Gasteiger partial charge is 0.341 e. The molecule has 0 N–H and O–H groups in total. The Hall–Kier alpha value is -3.52. The maximum absolute atomic E-state index is 2.66. The lowest BCUT2D eigenvalue weighted by atomic mass is 9.58. The Balaban J connectivity index is 1.25. The van der Waals surface area contributed by atoms with Crippen LogP contribution in [0.2, 0.25) is 0 Å². The van der Waals surface area contributed by atoms with E-state index in [-0.39, 0.29) is 0 Å². The van der Waals surface area contributed by atoms with Gasteiger partial charge in [0, 0.05) is 35.3 Å². The van der Waals surface area contributed by atoms with Crippen LogP contribution in [0.5, 0.6) is 0 Å². The van der Waals surface area contributed by atoms with E-state index < -0.39 is 0 Å². The first kappa shape index (κ1) is 34.3. The summed E-state index contributed by atoms with van der Waals surface area (Å²) in [4.78, 5) is 5.22. The molecule has 4 aromatic carbocycles. The summed E-state index contributed by atoms with van der Waals surface area (Å²) in [5.41, 5.74) is 11.3. The van der Waals surface area contributed by atoms with Gasteiger partial charge in [-0.15, -0.1) is 0 Å². The minimum absolute atomic E-state index is 0.401. The minimum atomic E-state index is 0.401. The van der Waals surface area contributed by atoms with Crippen molar-refractivity contribution in [2.24, 2.45) is 11.3 Å². The van der Waals surface area contributed by atoms with E-state index in [1.165, 1.54) is 116 Å². The number of aryl methyl sites for hydroxylation is 3. The average molecular weight is 641 g/mol. The maximum Gasteiger partial charge on any atom is 0.0413 e. The summed E-state index contributed by atoms with van der Waals surface area (Å²) in [5, 5.41) is 0. The third-order valence-electron chi connectivity index (χ3n) is 11.7. The van der Waals surface area contributed by atoms with Crippen molar-refractivity contribution in [3.8, 4) is 0 Å². The minimum Gasteiger partial charge on any atom is -0.341 e. The quantitative estimate of drug-likeness (QED) is 0.170. The number of hydrogen-bond acceptors (Lipinski definition) is 2. The van der Waals surface area contributed by atoms with Gasteiger partial charge < -0.3 is 9.80 Å². The summed E-state index contributed by atoms with van der Waals surface area (Å²) in [6, 6.07) is 38.0. The van der Waals surface area contributed by atoms with Gasteiger partial charge in [0.2, 0.25) is 0 Å². The van der Waals surface area contributed by atoms with E-state index in [1.54, 1.807) is 5.56 Å². The Labute approximate surface area is 292 Å². The molecule has 0 heterocycles. The zero-order valence-electron chi connectivity index (χ0n) is 30.6. The highest BCUT2D eigenvalue weighted by molar-refractivity contribution is 5.65. The molecule has 254 valence electrons. The molecule has 48 heavy (non-hydrogen) atoms. The molecule has 0 aliphatic heterocycles. The van der Waals surface area contributed by atoms with Crippen LogP contribution < -0.4 is 9.80 Å². The smallest absolute Gasteiger partial charge is 0.0413 e. The van der Waals surface area contributed by atoms with Crippen LogP contribution in [0.4, 0.5) is 22.7 Å². The van der Waals surface area contributed by atoms with E-state index in [1.807, 2.05) is 0 Å². The lowest BCUT2D eigenvalue weighted by Crippen LogP contribution is -2.41. The Morgan fingerprint density at radius 2 is 1.04 bits per heavy atom. The number of benzene rings is 4. The van der Waals surface area contributed by atoms with E-state index in [9.17, 15) is 0 Å². The average Bonchev–Trinajstić information content (AvgIpc) is 3.08. The fraction of sp³-hybridized carbons (Fsp3) is 0.478. The van der Waals surface area contributed by atoms with Crippen molar-refractivity contribution in [2.75, 3.05) is 16.3 Å². The second kappa shape index (κ2) is 15.8. The molecular formula is C46H60N2. The SMILES string of the molecule is Cc1ccc(N(CCCC(C)C)c2ccc(C3CCCCCCC34CCC(N(c3ccc(C)cc3)c3ccc(C)cc3)CC4)cc2)cc1. The van der Waals surface area contributed by atoms with Crippen molar-refractivity contribution >= 4 is 22.7 Å². The van der Waals surface area contributed by atoms with Gasteiger partial charge in [-0.05, 0) is 143 Å². The molecule has 6 rings (SSSR count). The fourth-order valence-electron chi connectivity index (χ4n) is 8.87. The van der Waals surface area contributed by atoms with Crippen LogP contribution in [-0.2, 0) is 0 Å². The molecule has 2 aliphatic carbocycles. The highest BCUT2D eigenvalue weighted by Crippen LogP contribution is 2.55. The summed E-state index contributed by atoms with van der Waals surface area (Å²) in [6.07, 6.45) is 15.9. The summed E-state index contributed by atoms with van der Waals surface area (Å²) < 4.78 is 0. The van der Waals surface area contributed by atoms with Gasteiger partial charge in [-0.2, -0.15) is 0 Å². The third kappa shape index (κ3) is 8.19. The Morgan fingerprint density at radius 1 is 0.562 bits per heavy atom. The molecule has 2 heteroatoms. The van der Waals surface area contributed by atoms with Crippen molar-refractivity contribution in [2.45, 2.75) is 124 Å². The lowest BCUT2D eigenvalue weighted by Gasteiger charge is -2.49.